The zero-order valence-electron chi connectivity index (χ0n) is 9.77. The Morgan fingerprint density at radius 2 is 2.12 bits per heavy atom. The van der Waals surface area contributed by atoms with E-state index in [1.165, 1.54) is 10.4 Å². The Labute approximate surface area is 101 Å². The first-order valence-corrected chi connectivity index (χ1v) is 7.03. The van der Waals surface area contributed by atoms with E-state index in [1.54, 1.807) is 13.1 Å². The number of hydrogen-bond acceptors (Lipinski definition) is 5. The molecule has 2 heterocycles. The summed E-state index contributed by atoms with van der Waals surface area (Å²) in [5.74, 6) is 0.626. The summed E-state index contributed by atoms with van der Waals surface area (Å²) in [6, 6.07) is 3.20. The van der Waals surface area contributed by atoms with Crippen molar-refractivity contribution in [2.75, 3.05) is 33.2 Å². The average Bonchev–Trinajstić information content (AvgIpc) is 2.80. The van der Waals surface area contributed by atoms with E-state index in [0.717, 1.165) is 0 Å². The second-order valence-corrected chi connectivity index (χ2v) is 5.77. The van der Waals surface area contributed by atoms with E-state index in [9.17, 15) is 8.42 Å². The Kier molecular flexibility index (Phi) is 3.82. The molecule has 2 N–H and O–H groups in total. The van der Waals surface area contributed by atoms with Gasteiger partial charge in [0.2, 0.25) is 5.09 Å². The predicted molar refractivity (Wildman–Crippen MR) is 63.1 cm³/mol. The van der Waals surface area contributed by atoms with E-state index in [2.05, 4.69) is 10.6 Å². The lowest BCUT2D eigenvalue weighted by molar-refractivity contribution is 0.337. The number of piperazine rings is 1. The summed E-state index contributed by atoms with van der Waals surface area (Å²) >= 11 is 0. The van der Waals surface area contributed by atoms with Crippen LogP contribution in [0.1, 0.15) is 5.76 Å². The third kappa shape index (κ3) is 2.68. The molecule has 0 unspecified atom stereocenters. The Hall–Kier alpha value is -0.890. The first-order chi connectivity index (χ1) is 8.14. The number of rotatable bonds is 4. The summed E-state index contributed by atoms with van der Waals surface area (Å²) in [4.78, 5) is 0. The highest BCUT2D eigenvalue weighted by Gasteiger charge is 2.28. The lowest BCUT2D eigenvalue weighted by atomic mass is 10.4. The summed E-state index contributed by atoms with van der Waals surface area (Å²) in [6.07, 6.45) is 0. The van der Waals surface area contributed by atoms with Gasteiger partial charge in [0.15, 0.2) is 0 Å². The number of nitrogens with one attached hydrogen (secondary N) is 2. The molecule has 0 radical (unpaired) electrons. The molecule has 1 aliphatic heterocycles. The summed E-state index contributed by atoms with van der Waals surface area (Å²) in [6.45, 7) is 2.87. The van der Waals surface area contributed by atoms with E-state index >= 15 is 0 Å². The summed E-state index contributed by atoms with van der Waals surface area (Å²) in [5.41, 5.74) is 0. The molecule has 0 atom stereocenters. The van der Waals surface area contributed by atoms with Crippen LogP contribution in [0.5, 0.6) is 0 Å². The van der Waals surface area contributed by atoms with Crippen molar-refractivity contribution >= 4 is 10.0 Å². The zero-order chi connectivity index (χ0) is 12.3. The fourth-order valence-corrected chi connectivity index (χ4v) is 3.15. The van der Waals surface area contributed by atoms with Crippen molar-refractivity contribution in [3.63, 3.8) is 0 Å². The third-order valence-electron chi connectivity index (χ3n) is 2.66. The molecule has 0 saturated carbocycles. The average molecular weight is 259 g/mol. The minimum Gasteiger partial charge on any atom is -0.447 e. The largest absolute Gasteiger partial charge is 0.447 e. The van der Waals surface area contributed by atoms with Crippen LogP contribution in [-0.4, -0.2) is 45.9 Å². The predicted octanol–water partition coefficient (Wildman–Crippen LogP) is -0.407. The molecule has 1 saturated heterocycles. The van der Waals surface area contributed by atoms with Crippen LogP contribution in [0.3, 0.4) is 0 Å². The molecular formula is C10H17N3O3S. The highest BCUT2D eigenvalue weighted by Crippen LogP contribution is 2.19. The molecule has 6 nitrogen and oxygen atoms in total. The van der Waals surface area contributed by atoms with Gasteiger partial charge in [0, 0.05) is 26.2 Å². The fraction of sp³-hybridized carbons (Fsp3) is 0.600. The Morgan fingerprint density at radius 1 is 1.41 bits per heavy atom. The summed E-state index contributed by atoms with van der Waals surface area (Å²) in [5, 5.41) is 6.07. The topological polar surface area (TPSA) is 74.6 Å². The Morgan fingerprint density at radius 3 is 2.76 bits per heavy atom. The van der Waals surface area contributed by atoms with E-state index in [1.807, 2.05) is 0 Å². The van der Waals surface area contributed by atoms with Crippen molar-refractivity contribution < 1.29 is 12.8 Å². The molecule has 0 aliphatic carbocycles. The molecule has 0 bridgehead atoms. The van der Waals surface area contributed by atoms with Crippen molar-refractivity contribution in [2.45, 2.75) is 11.6 Å². The van der Waals surface area contributed by atoms with Crippen molar-refractivity contribution in [1.29, 1.82) is 0 Å². The normalized spacial score (nSPS) is 18.4. The molecule has 17 heavy (non-hydrogen) atoms. The van der Waals surface area contributed by atoms with E-state index < -0.39 is 10.0 Å². The molecule has 2 rings (SSSR count). The van der Waals surface area contributed by atoms with Crippen LogP contribution >= 0.6 is 0 Å². The molecule has 1 aromatic heterocycles. The van der Waals surface area contributed by atoms with Gasteiger partial charge in [-0.2, -0.15) is 4.31 Å². The summed E-state index contributed by atoms with van der Waals surface area (Å²) in [7, 11) is -1.68. The van der Waals surface area contributed by atoms with Crippen LogP contribution in [0.25, 0.3) is 0 Å². The van der Waals surface area contributed by atoms with E-state index in [-0.39, 0.29) is 5.09 Å². The van der Waals surface area contributed by atoms with Gasteiger partial charge in [-0.25, -0.2) is 8.42 Å². The molecule has 1 aromatic rings. The molecule has 1 fully saturated rings. The van der Waals surface area contributed by atoms with Crippen molar-refractivity contribution in [2.24, 2.45) is 0 Å². The second kappa shape index (κ2) is 5.18. The molecule has 1 aliphatic rings. The van der Waals surface area contributed by atoms with Crippen LogP contribution in [0, 0.1) is 0 Å². The maximum absolute atomic E-state index is 12.2. The monoisotopic (exact) mass is 259 g/mol. The molecule has 7 heteroatoms. The maximum Gasteiger partial charge on any atom is 0.276 e. The first kappa shape index (κ1) is 12.6. The quantitative estimate of drug-likeness (QED) is 0.769. The molecule has 0 aromatic carbocycles. The molecular weight excluding hydrogens is 242 g/mol. The molecule has 96 valence electrons. The number of nitrogens with zero attached hydrogens (tertiary/aromatic N) is 1. The first-order valence-electron chi connectivity index (χ1n) is 5.59. The fourth-order valence-electron chi connectivity index (χ4n) is 1.78. The van der Waals surface area contributed by atoms with Gasteiger partial charge in [-0.15, -0.1) is 0 Å². The molecule has 0 amide bonds. The SMILES string of the molecule is CNCc1ccc(S(=O)(=O)N2CCNCC2)o1. The van der Waals surface area contributed by atoms with Crippen LogP contribution in [-0.2, 0) is 16.6 Å². The van der Waals surface area contributed by atoms with Gasteiger partial charge in [-0.3, -0.25) is 0 Å². The van der Waals surface area contributed by atoms with Crippen LogP contribution in [0.2, 0.25) is 0 Å². The lowest BCUT2D eigenvalue weighted by Gasteiger charge is -2.25. The lowest BCUT2D eigenvalue weighted by Crippen LogP contribution is -2.46. The molecule has 0 spiro atoms. The Bertz CT molecular complexity index is 463. The van der Waals surface area contributed by atoms with Crippen LogP contribution in [0.4, 0.5) is 0 Å². The minimum absolute atomic E-state index is 0.0321. The van der Waals surface area contributed by atoms with Gasteiger partial charge in [0.05, 0.1) is 6.54 Å². The van der Waals surface area contributed by atoms with Gasteiger partial charge in [0.1, 0.15) is 5.76 Å². The standard InChI is InChI=1S/C10H17N3O3S/c1-11-8-9-2-3-10(16-9)17(14,15)13-6-4-12-5-7-13/h2-3,11-12H,4-8H2,1H3. The van der Waals surface area contributed by atoms with E-state index in [4.69, 9.17) is 4.42 Å². The van der Waals surface area contributed by atoms with Crippen molar-refractivity contribution in [1.82, 2.24) is 14.9 Å². The highest BCUT2D eigenvalue weighted by atomic mass is 32.2. The summed E-state index contributed by atoms with van der Waals surface area (Å²) < 4.78 is 31.2. The van der Waals surface area contributed by atoms with Crippen molar-refractivity contribution in [3.05, 3.63) is 17.9 Å². The van der Waals surface area contributed by atoms with Gasteiger partial charge in [-0.1, -0.05) is 0 Å². The Balaban J connectivity index is 2.18. The van der Waals surface area contributed by atoms with Crippen molar-refractivity contribution in [3.8, 4) is 0 Å². The minimum atomic E-state index is -3.46. The number of furan rings is 1. The number of sulfonamides is 1. The smallest absolute Gasteiger partial charge is 0.276 e. The van der Waals surface area contributed by atoms with Crippen LogP contribution < -0.4 is 10.6 Å². The van der Waals surface area contributed by atoms with Crippen LogP contribution in [0.15, 0.2) is 21.6 Å². The third-order valence-corrected chi connectivity index (χ3v) is 4.43. The highest BCUT2D eigenvalue weighted by molar-refractivity contribution is 7.89. The second-order valence-electron chi connectivity index (χ2n) is 3.91. The zero-order valence-corrected chi connectivity index (χ0v) is 10.6. The van der Waals surface area contributed by atoms with E-state index in [0.29, 0.717) is 38.5 Å². The maximum atomic E-state index is 12.2. The van der Waals surface area contributed by atoms with Gasteiger partial charge in [-0.05, 0) is 19.2 Å². The number of hydrogen-bond donors (Lipinski definition) is 2. The van der Waals surface area contributed by atoms with Gasteiger partial charge >= 0.3 is 0 Å². The van der Waals surface area contributed by atoms with Gasteiger partial charge in [0.25, 0.3) is 10.0 Å². The van der Waals surface area contributed by atoms with Gasteiger partial charge < -0.3 is 15.1 Å².